The molecule has 0 fully saturated rings. The van der Waals surface area contributed by atoms with Gasteiger partial charge in [-0.2, -0.15) is 0 Å². The number of anilines is 2. The Bertz CT molecular complexity index is 1250. The number of hydrogen-bond acceptors (Lipinski definition) is 5. The second-order valence-corrected chi connectivity index (χ2v) is 9.42. The molecular weight excluding hydrogens is 492 g/mol. The van der Waals surface area contributed by atoms with Crippen molar-refractivity contribution in [2.45, 2.75) is 31.7 Å². The highest BCUT2D eigenvalue weighted by atomic mass is 79.9. The van der Waals surface area contributed by atoms with E-state index in [0.29, 0.717) is 13.0 Å². The highest BCUT2D eigenvalue weighted by Crippen LogP contribution is 2.45. The Morgan fingerprint density at radius 1 is 0.971 bits per heavy atom. The summed E-state index contributed by atoms with van der Waals surface area (Å²) in [5, 5.41) is 7.22. The van der Waals surface area contributed by atoms with Gasteiger partial charge in [-0.25, -0.2) is 0 Å². The van der Waals surface area contributed by atoms with Crippen LogP contribution in [0.25, 0.3) is 0 Å². The molecule has 2 unspecified atom stereocenters. The summed E-state index contributed by atoms with van der Waals surface area (Å²) in [4.78, 5) is 13.7. The molecule has 1 aliphatic carbocycles. The summed E-state index contributed by atoms with van der Waals surface area (Å²) in [5.41, 5.74) is 5.88. The van der Waals surface area contributed by atoms with Crippen LogP contribution in [0.4, 0.5) is 11.4 Å². The van der Waals surface area contributed by atoms with Gasteiger partial charge in [-0.1, -0.05) is 30.3 Å². The van der Waals surface area contributed by atoms with Gasteiger partial charge in [-0.15, -0.1) is 0 Å². The molecule has 5 nitrogen and oxygen atoms in total. The fourth-order valence-corrected chi connectivity index (χ4v) is 5.40. The van der Waals surface area contributed by atoms with E-state index in [1.807, 2.05) is 61.5 Å². The minimum absolute atomic E-state index is 0.114. The van der Waals surface area contributed by atoms with Crippen molar-refractivity contribution in [3.8, 4) is 11.5 Å². The minimum atomic E-state index is -0.262. The van der Waals surface area contributed by atoms with Crippen LogP contribution in [0.2, 0.25) is 0 Å². The van der Waals surface area contributed by atoms with Crippen molar-refractivity contribution in [1.29, 1.82) is 0 Å². The number of ether oxygens (including phenoxy) is 2. The van der Waals surface area contributed by atoms with Crippen LogP contribution in [-0.4, -0.2) is 19.5 Å². The molecule has 174 valence electrons. The number of nitrogens with one attached hydrogen (secondary N) is 2. The highest BCUT2D eigenvalue weighted by Gasteiger charge is 2.36. The lowest BCUT2D eigenvalue weighted by molar-refractivity contribution is -0.116. The molecule has 0 saturated heterocycles. The summed E-state index contributed by atoms with van der Waals surface area (Å²) in [6.45, 7) is 2.61. The Hall–Kier alpha value is -3.25. The number of benzene rings is 3. The van der Waals surface area contributed by atoms with Gasteiger partial charge in [0, 0.05) is 17.7 Å². The standard InChI is InChI=1S/C28H27BrN2O3/c1-3-34-20-11-8-17(9-12-20)19-15-24-27(25(32)16-19)28(18-10-13-26(33-2)21(29)14-18)31-23-7-5-4-6-22(23)30-24/h4-14,19,28,30-31H,3,15-16H2,1-2H3. The zero-order valence-electron chi connectivity index (χ0n) is 19.2. The van der Waals surface area contributed by atoms with E-state index in [9.17, 15) is 4.79 Å². The molecule has 0 saturated carbocycles. The Balaban J connectivity index is 1.55. The molecule has 0 spiro atoms. The summed E-state index contributed by atoms with van der Waals surface area (Å²) >= 11 is 3.61. The van der Waals surface area contributed by atoms with Crippen LogP contribution >= 0.6 is 15.9 Å². The SMILES string of the molecule is CCOc1ccc(C2CC(=O)C3=C(C2)Nc2ccccc2NC3c2ccc(OC)c(Br)c2)cc1. The first-order valence-corrected chi connectivity index (χ1v) is 12.3. The first-order valence-electron chi connectivity index (χ1n) is 11.5. The Kier molecular flexibility index (Phi) is 6.33. The number of hydrogen-bond donors (Lipinski definition) is 2. The Labute approximate surface area is 208 Å². The Morgan fingerprint density at radius 2 is 1.71 bits per heavy atom. The van der Waals surface area contributed by atoms with Crippen molar-refractivity contribution < 1.29 is 14.3 Å². The first kappa shape index (κ1) is 22.5. The second-order valence-electron chi connectivity index (χ2n) is 8.56. The van der Waals surface area contributed by atoms with Gasteiger partial charge in [-0.3, -0.25) is 4.79 Å². The molecule has 3 aromatic carbocycles. The molecule has 2 atom stereocenters. The largest absolute Gasteiger partial charge is 0.496 e. The average molecular weight is 519 g/mol. The molecular formula is C28H27BrN2O3. The molecule has 5 rings (SSSR count). The van der Waals surface area contributed by atoms with Crippen LogP contribution in [0.1, 0.15) is 42.9 Å². The molecule has 1 aliphatic heterocycles. The van der Waals surface area contributed by atoms with Gasteiger partial charge >= 0.3 is 0 Å². The molecule has 0 aromatic heterocycles. The molecule has 6 heteroatoms. The summed E-state index contributed by atoms with van der Waals surface area (Å²) in [6, 6.07) is 22.0. The van der Waals surface area contributed by atoms with Gasteiger partial charge in [0.25, 0.3) is 0 Å². The van der Waals surface area contributed by atoms with Crippen LogP contribution < -0.4 is 20.1 Å². The number of allylic oxidation sites excluding steroid dienone is 1. The quantitative estimate of drug-likeness (QED) is 0.387. The van der Waals surface area contributed by atoms with Crippen molar-refractivity contribution in [2.24, 2.45) is 0 Å². The molecule has 34 heavy (non-hydrogen) atoms. The monoisotopic (exact) mass is 518 g/mol. The van der Waals surface area contributed by atoms with E-state index >= 15 is 0 Å². The zero-order chi connectivity index (χ0) is 23.7. The number of rotatable bonds is 5. The average Bonchev–Trinajstić information content (AvgIpc) is 3.01. The van der Waals surface area contributed by atoms with E-state index in [4.69, 9.17) is 9.47 Å². The van der Waals surface area contributed by atoms with Crippen molar-refractivity contribution in [2.75, 3.05) is 24.4 Å². The van der Waals surface area contributed by atoms with Gasteiger partial charge in [0.15, 0.2) is 5.78 Å². The topological polar surface area (TPSA) is 59.6 Å². The number of fused-ring (bicyclic) bond motifs is 1. The van der Waals surface area contributed by atoms with Crippen molar-refractivity contribution in [3.63, 3.8) is 0 Å². The van der Waals surface area contributed by atoms with E-state index in [1.54, 1.807) is 7.11 Å². The molecule has 3 aromatic rings. The zero-order valence-corrected chi connectivity index (χ0v) is 20.8. The number of methoxy groups -OCH3 is 1. The van der Waals surface area contributed by atoms with E-state index in [-0.39, 0.29) is 17.7 Å². The van der Waals surface area contributed by atoms with Crippen molar-refractivity contribution in [1.82, 2.24) is 0 Å². The maximum Gasteiger partial charge on any atom is 0.163 e. The normalized spacial score (nSPS) is 19.3. The predicted molar refractivity (Wildman–Crippen MR) is 139 cm³/mol. The number of carbonyl (C=O) groups excluding carboxylic acids is 1. The Morgan fingerprint density at radius 3 is 2.41 bits per heavy atom. The van der Waals surface area contributed by atoms with Crippen LogP contribution in [0.3, 0.4) is 0 Å². The van der Waals surface area contributed by atoms with Crippen molar-refractivity contribution >= 4 is 33.1 Å². The van der Waals surface area contributed by atoms with E-state index in [1.165, 1.54) is 0 Å². The van der Waals surface area contributed by atoms with E-state index in [0.717, 1.165) is 56.2 Å². The minimum Gasteiger partial charge on any atom is -0.496 e. The number of Topliss-reactive ketones (excluding diaryl/α,β-unsaturated/α-hetero) is 1. The lowest BCUT2D eigenvalue weighted by atomic mass is 9.78. The number of para-hydroxylation sites is 2. The van der Waals surface area contributed by atoms with Gasteiger partial charge in [0.05, 0.1) is 35.6 Å². The third kappa shape index (κ3) is 4.30. The summed E-state index contributed by atoms with van der Waals surface area (Å²) in [6.07, 6.45) is 1.24. The molecule has 0 amide bonds. The summed E-state index contributed by atoms with van der Waals surface area (Å²) in [7, 11) is 1.65. The third-order valence-corrected chi connectivity index (χ3v) is 7.10. The van der Waals surface area contributed by atoms with Gasteiger partial charge < -0.3 is 20.1 Å². The highest BCUT2D eigenvalue weighted by molar-refractivity contribution is 9.10. The van der Waals surface area contributed by atoms with E-state index in [2.05, 4.69) is 38.7 Å². The third-order valence-electron chi connectivity index (χ3n) is 6.48. The molecule has 1 heterocycles. The molecule has 0 bridgehead atoms. The summed E-state index contributed by atoms with van der Waals surface area (Å²) < 4.78 is 11.9. The van der Waals surface area contributed by atoms with Gasteiger partial charge in [-0.05, 0) is 82.7 Å². The predicted octanol–water partition coefficient (Wildman–Crippen LogP) is 6.84. The van der Waals surface area contributed by atoms with Gasteiger partial charge in [0.1, 0.15) is 11.5 Å². The number of carbonyl (C=O) groups is 1. The maximum absolute atomic E-state index is 13.7. The lowest BCUT2D eigenvalue weighted by Gasteiger charge is -2.30. The van der Waals surface area contributed by atoms with E-state index < -0.39 is 0 Å². The molecule has 2 aliphatic rings. The maximum atomic E-state index is 13.7. The smallest absolute Gasteiger partial charge is 0.163 e. The lowest BCUT2D eigenvalue weighted by Crippen LogP contribution is -2.26. The number of ketones is 1. The summed E-state index contributed by atoms with van der Waals surface area (Å²) in [5.74, 6) is 1.88. The first-order chi connectivity index (χ1) is 16.6. The van der Waals surface area contributed by atoms with Crippen LogP contribution in [0.5, 0.6) is 11.5 Å². The van der Waals surface area contributed by atoms with Crippen molar-refractivity contribution in [3.05, 3.63) is 93.6 Å². The van der Waals surface area contributed by atoms with Crippen LogP contribution in [0, 0.1) is 0 Å². The number of halogens is 1. The van der Waals surface area contributed by atoms with Gasteiger partial charge in [0.2, 0.25) is 0 Å². The van der Waals surface area contributed by atoms with Crippen LogP contribution in [-0.2, 0) is 4.79 Å². The molecule has 0 radical (unpaired) electrons. The van der Waals surface area contributed by atoms with Crippen LogP contribution in [0.15, 0.2) is 82.5 Å². The fraction of sp³-hybridized carbons (Fsp3) is 0.250. The molecule has 2 N–H and O–H groups in total. The fourth-order valence-electron chi connectivity index (χ4n) is 4.84. The second kappa shape index (κ2) is 9.55.